The number of benzene rings is 1. The summed E-state index contributed by atoms with van der Waals surface area (Å²) >= 11 is 4.91. The van der Waals surface area contributed by atoms with Crippen LogP contribution >= 0.6 is 12.2 Å². The number of nitrogens with two attached hydrogens (primary N) is 1. The van der Waals surface area contributed by atoms with Crippen molar-refractivity contribution in [1.29, 1.82) is 0 Å². The molecule has 1 amide bonds. The molecule has 1 unspecified atom stereocenters. The molecular formula is C18H20N6O3S. The van der Waals surface area contributed by atoms with E-state index >= 15 is 0 Å². The maximum Gasteiger partial charge on any atom is 0.332 e. The van der Waals surface area contributed by atoms with Crippen LogP contribution in [0.25, 0.3) is 11.2 Å². The molecule has 0 radical (unpaired) electrons. The second-order valence-corrected chi connectivity index (χ2v) is 6.95. The van der Waals surface area contributed by atoms with Crippen molar-refractivity contribution < 1.29 is 4.79 Å². The molecule has 1 aromatic carbocycles. The second-order valence-electron chi connectivity index (χ2n) is 6.51. The Morgan fingerprint density at radius 3 is 2.36 bits per heavy atom. The number of thiocarbonyl (C=S) groups is 1. The molecule has 0 fully saturated rings. The first kappa shape index (κ1) is 19.5. The topological polar surface area (TPSA) is 117 Å². The van der Waals surface area contributed by atoms with E-state index in [0.29, 0.717) is 17.1 Å². The van der Waals surface area contributed by atoms with Crippen molar-refractivity contribution in [2.75, 3.05) is 5.32 Å². The zero-order valence-corrected chi connectivity index (χ0v) is 16.7. The van der Waals surface area contributed by atoms with Gasteiger partial charge in [0, 0.05) is 25.3 Å². The van der Waals surface area contributed by atoms with E-state index in [1.165, 1.54) is 23.2 Å². The maximum atomic E-state index is 12.8. The third kappa shape index (κ3) is 3.11. The fraction of sp³-hybridized carbons (Fsp3) is 0.278. The van der Waals surface area contributed by atoms with Crippen LogP contribution in [0.5, 0.6) is 0 Å². The summed E-state index contributed by atoms with van der Waals surface area (Å²) in [6, 6.07) is 6.09. The summed E-state index contributed by atoms with van der Waals surface area (Å²) in [6.45, 7) is 3.35. The number of nitrogens with zero attached hydrogens (tertiary/aromatic N) is 4. The fourth-order valence-electron chi connectivity index (χ4n) is 3.08. The van der Waals surface area contributed by atoms with E-state index in [1.54, 1.807) is 38.1 Å². The van der Waals surface area contributed by atoms with Crippen molar-refractivity contribution >= 4 is 40.0 Å². The number of nitrogens with one attached hydrogen (secondary N) is 1. The maximum absolute atomic E-state index is 12.8. The Bertz CT molecular complexity index is 1220. The lowest BCUT2D eigenvalue weighted by molar-refractivity contribution is -0.118. The van der Waals surface area contributed by atoms with Gasteiger partial charge in [-0.2, -0.15) is 0 Å². The van der Waals surface area contributed by atoms with E-state index < -0.39 is 17.3 Å². The molecule has 1 atom stereocenters. The van der Waals surface area contributed by atoms with Crippen LogP contribution < -0.4 is 22.3 Å². The molecule has 0 aliphatic heterocycles. The number of carbonyl (C=O) groups is 1. The highest BCUT2D eigenvalue weighted by Gasteiger charge is 2.24. The van der Waals surface area contributed by atoms with Gasteiger partial charge in [-0.25, -0.2) is 9.78 Å². The van der Waals surface area contributed by atoms with Gasteiger partial charge < -0.3 is 15.6 Å². The molecule has 10 heteroatoms. The molecule has 0 saturated carbocycles. The minimum atomic E-state index is -0.731. The van der Waals surface area contributed by atoms with Gasteiger partial charge in [-0.3, -0.25) is 18.7 Å². The first-order valence-electron chi connectivity index (χ1n) is 8.48. The number of aryl methyl sites for hydroxylation is 2. The van der Waals surface area contributed by atoms with Gasteiger partial charge >= 0.3 is 5.69 Å². The van der Waals surface area contributed by atoms with Crippen LogP contribution in [0.3, 0.4) is 0 Å². The van der Waals surface area contributed by atoms with E-state index in [0.717, 1.165) is 4.57 Å². The molecule has 0 bridgehead atoms. The van der Waals surface area contributed by atoms with Gasteiger partial charge in [0.05, 0.1) is 0 Å². The van der Waals surface area contributed by atoms with Gasteiger partial charge in [0.1, 0.15) is 16.9 Å². The van der Waals surface area contributed by atoms with Crippen LogP contribution in [-0.2, 0) is 18.9 Å². The molecule has 2 heterocycles. The predicted octanol–water partition coefficient (Wildman–Crippen LogP) is 0.576. The van der Waals surface area contributed by atoms with E-state index in [-0.39, 0.29) is 22.1 Å². The fourth-order valence-corrected chi connectivity index (χ4v) is 3.22. The molecule has 0 saturated heterocycles. The Morgan fingerprint density at radius 1 is 1.18 bits per heavy atom. The lowest BCUT2D eigenvalue weighted by Crippen LogP contribution is -2.38. The van der Waals surface area contributed by atoms with Crippen molar-refractivity contribution in [3.05, 3.63) is 56.5 Å². The minimum Gasteiger partial charge on any atom is -0.389 e. The highest BCUT2D eigenvalue weighted by molar-refractivity contribution is 7.80. The molecule has 0 aliphatic rings. The molecule has 146 valence electrons. The average Bonchev–Trinajstić information content (AvgIpc) is 3.01. The number of fused-ring (bicyclic) bond motifs is 1. The Hall–Kier alpha value is -3.27. The average molecular weight is 400 g/mol. The van der Waals surface area contributed by atoms with Gasteiger partial charge in [0.15, 0.2) is 11.2 Å². The minimum absolute atomic E-state index is 0.202. The van der Waals surface area contributed by atoms with Crippen LogP contribution in [-0.4, -0.2) is 29.6 Å². The van der Waals surface area contributed by atoms with E-state index in [2.05, 4.69) is 10.3 Å². The number of rotatable bonds is 4. The van der Waals surface area contributed by atoms with Gasteiger partial charge in [-0.1, -0.05) is 12.2 Å². The van der Waals surface area contributed by atoms with Gasteiger partial charge in [0.25, 0.3) is 5.56 Å². The molecular weight excluding hydrogens is 380 g/mol. The summed E-state index contributed by atoms with van der Waals surface area (Å²) in [7, 11) is 2.93. The molecule has 28 heavy (non-hydrogen) atoms. The van der Waals surface area contributed by atoms with Crippen LogP contribution in [0, 0.1) is 6.92 Å². The SMILES string of the molecule is Cc1nc2c(c(=O)n(C)c(=O)n2C)n1C(C)C(=O)Nc1ccc(C(N)=S)cc1. The summed E-state index contributed by atoms with van der Waals surface area (Å²) in [5.41, 5.74) is 6.31. The third-order valence-electron chi connectivity index (χ3n) is 4.67. The Kier molecular flexibility index (Phi) is 4.90. The first-order valence-corrected chi connectivity index (χ1v) is 8.89. The van der Waals surface area contributed by atoms with Crippen molar-refractivity contribution in [3.8, 4) is 0 Å². The lowest BCUT2D eigenvalue weighted by atomic mass is 10.2. The van der Waals surface area contributed by atoms with Crippen molar-refractivity contribution in [2.45, 2.75) is 19.9 Å². The van der Waals surface area contributed by atoms with Crippen LogP contribution in [0.1, 0.15) is 24.4 Å². The number of anilines is 1. The Balaban J connectivity index is 2.01. The number of carbonyl (C=O) groups excluding carboxylic acids is 1. The number of aromatic nitrogens is 4. The number of hydrogen-bond donors (Lipinski definition) is 2. The summed E-state index contributed by atoms with van der Waals surface area (Å²) in [6.07, 6.45) is 0. The summed E-state index contributed by atoms with van der Waals surface area (Å²) in [4.78, 5) is 42.2. The molecule has 3 rings (SSSR count). The Morgan fingerprint density at radius 2 is 1.79 bits per heavy atom. The van der Waals surface area contributed by atoms with Crippen LogP contribution in [0.2, 0.25) is 0 Å². The second kappa shape index (κ2) is 7.04. The lowest BCUT2D eigenvalue weighted by Gasteiger charge is -2.16. The molecule has 0 spiro atoms. The zero-order chi connectivity index (χ0) is 20.7. The summed E-state index contributed by atoms with van der Waals surface area (Å²) in [5, 5.41) is 2.80. The largest absolute Gasteiger partial charge is 0.389 e. The smallest absolute Gasteiger partial charge is 0.332 e. The van der Waals surface area contributed by atoms with E-state index in [9.17, 15) is 14.4 Å². The molecule has 2 aromatic heterocycles. The highest BCUT2D eigenvalue weighted by Crippen LogP contribution is 2.19. The van der Waals surface area contributed by atoms with Crippen LogP contribution in [0.15, 0.2) is 33.9 Å². The highest BCUT2D eigenvalue weighted by atomic mass is 32.1. The standard InChI is InChI=1S/C18H20N6O3S/c1-9(16(25)21-12-7-5-11(6-8-12)14(19)28)24-10(2)20-15-13(24)17(26)23(4)18(27)22(15)3/h5-9H,1-4H3,(H2,19,28)(H,21,25). The molecule has 0 aliphatic carbocycles. The van der Waals surface area contributed by atoms with Gasteiger partial charge in [0.2, 0.25) is 5.91 Å². The van der Waals surface area contributed by atoms with Crippen molar-refractivity contribution in [2.24, 2.45) is 19.8 Å². The monoisotopic (exact) mass is 400 g/mol. The number of amides is 1. The van der Waals surface area contributed by atoms with Crippen molar-refractivity contribution in [3.63, 3.8) is 0 Å². The first-order chi connectivity index (χ1) is 13.1. The number of imidazole rings is 1. The third-order valence-corrected chi connectivity index (χ3v) is 4.91. The molecule has 9 nitrogen and oxygen atoms in total. The zero-order valence-electron chi connectivity index (χ0n) is 15.9. The Labute approximate surface area is 165 Å². The summed E-state index contributed by atoms with van der Waals surface area (Å²) in [5.74, 6) is 0.126. The van der Waals surface area contributed by atoms with E-state index in [4.69, 9.17) is 18.0 Å². The molecule has 3 N–H and O–H groups in total. The van der Waals surface area contributed by atoms with Gasteiger partial charge in [-0.05, 0) is 38.1 Å². The summed E-state index contributed by atoms with van der Waals surface area (Å²) < 4.78 is 3.83. The van der Waals surface area contributed by atoms with Gasteiger partial charge in [-0.15, -0.1) is 0 Å². The van der Waals surface area contributed by atoms with Crippen LogP contribution in [0.4, 0.5) is 5.69 Å². The predicted molar refractivity (Wildman–Crippen MR) is 111 cm³/mol. The number of hydrogen-bond acceptors (Lipinski definition) is 5. The van der Waals surface area contributed by atoms with E-state index in [1.807, 2.05) is 0 Å². The normalized spacial score (nSPS) is 12.1. The molecule has 3 aromatic rings. The van der Waals surface area contributed by atoms with Crippen molar-refractivity contribution in [1.82, 2.24) is 18.7 Å². The quantitative estimate of drug-likeness (QED) is 0.619.